The van der Waals surface area contributed by atoms with Crippen molar-refractivity contribution in [2.45, 2.75) is 6.92 Å². The van der Waals surface area contributed by atoms with Gasteiger partial charge in [0, 0.05) is 0 Å². The minimum absolute atomic E-state index is 0.0427. The molecule has 0 radical (unpaired) electrons. The first kappa shape index (κ1) is 15.6. The van der Waals surface area contributed by atoms with Gasteiger partial charge in [0.15, 0.2) is 5.78 Å². The fourth-order valence-corrected chi connectivity index (χ4v) is 2.29. The Hall–Kier alpha value is -1.77. The molecule has 0 aliphatic rings. The average Bonchev–Trinajstić information content (AvgIpc) is 2.47. The smallest absolute Gasteiger partial charge is 0.153 e. The summed E-state index contributed by atoms with van der Waals surface area (Å²) in [5.74, 6) is 0.681. The molecule has 0 aromatic heterocycles. The number of carbonyl (C=O) groups excluding carboxylic acids is 1. The van der Waals surface area contributed by atoms with Crippen LogP contribution in [0.1, 0.15) is 18.1 Å². The number of hydrogen-bond donors (Lipinski definition) is 0. The van der Waals surface area contributed by atoms with Gasteiger partial charge >= 0.3 is 0 Å². The summed E-state index contributed by atoms with van der Waals surface area (Å²) in [6.07, 6.45) is 1.58. The second-order valence-corrected chi connectivity index (χ2v) is 5.34. The fraction of sp³-hybridized carbons (Fsp3) is 0.118. The summed E-state index contributed by atoms with van der Waals surface area (Å²) < 4.78 is 5.23. The maximum atomic E-state index is 11.5. The Balaban J connectivity index is 2.57. The Morgan fingerprint density at radius 2 is 1.76 bits per heavy atom. The van der Waals surface area contributed by atoms with Crippen LogP contribution in [0.4, 0.5) is 0 Å². The lowest BCUT2D eigenvalue weighted by Crippen LogP contribution is -1.94. The molecule has 0 N–H and O–H groups in total. The van der Waals surface area contributed by atoms with Crippen LogP contribution in [0.25, 0.3) is 5.57 Å². The standard InChI is InChI=1S/C17H14Cl2O2/c1-11(20)8-15(12-4-3-5-14(9-12)21-2)13-6-7-16(18)17(19)10-13/h3-10H,1-2H3/b15-8-. The number of ether oxygens (including phenoxy) is 1. The highest BCUT2D eigenvalue weighted by Crippen LogP contribution is 2.31. The Morgan fingerprint density at radius 1 is 1.05 bits per heavy atom. The molecular formula is C17H14Cl2O2. The van der Waals surface area contributed by atoms with Gasteiger partial charge in [-0.15, -0.1) is 0 Å². The van der Waals surface area contributed by atoms with Crippen molar-refractivity contribution in [1.82, 2.24) is 0 Å². The van der Waals surface area contributed by atoms with E-state index in [1.54, 1.807) is 25.3 Å². The number of allylic oxidation sites excluding steroid dienone is 1. The third-order valence-corrected chi connectivity index (χ3v) is 3.70. The van der Waals surface area contributed by atoms with Gasteiger partial charge < -0.3 is 4.74 Å². The van der Waals surface area contributed by atoms with Gasteiger partial charge in [-0.05, 0) is 54.0 Å². The predicted molar refractivity (Wildman–Crippen MR) is 87.2 cm³/mol. The second-order valence-electron chi connectivity index (χ2n) is 4.53. The van der Waals surface area contributed by atoms with Crippen LogP contribution in [-0.2, 0) is 4.79 Å². The second kappa shape index (κ2) is 6.79. The molecule has 0 unspecified atom stereocenters. The summed E-state index contributed by atoms with van der Waals surface area (Å²) >= 11 is 12.0. The van der Waals surface area contributed by atoms with Crippen LogP contribution in [0.15, 0.2) is 48.5 Å². The van der Waals surface area contributed by atoms with Gasteiger partial charge in [-0.25, -0.2) is 0 Å². The van der Waals surface area contributed by atoms with E-state index < -0.39 is 0 Å². The lowest BCUT2D eigenvalue weighted by Gasteiger charge is -2.10. The molecule has 0 heterocycles. The Labute approximate surface area is 134 Å². The summed E-state index contributed by atoms with van der Waals surface area (Å²) in [4.78, 5) is 11.5. The minimum atomic E-state index is -0.0427. The Bertz CT molecular complexity index is 706. The lowest BCUT2D eigenvalue weighted by atomic mass is 9.96. The lowest BCUT2D eigenvalue weighted by molar-refractivity contribution is -0.112. The molecule has 2 aromatic carbocycles. The van der Waals surface area contributed by atoms with Crippen LogP contribution in [0.5, 0.6) is 5.75 Å². The van der Waals surface area contributed by atoms with Crippen LogP contribution in [0.2, 0.25) is 10.0 Å². The van der Waals surface area contributed by atoms with Crippen molar-refractivity contribution in [2.24, 2.45) is 0 Å². The molecule has 0 bridgehead atoms. The number of methoxy groups -OCH3 is 1. The molecule has 0 aliphatic heterocycles. The first-order chi connectivity index (χ1) is 10.0. The van der Waals surface area contributed by atoms with Crippen LogP contribution in [0.3, 0.4) is 0 Å². The first-order valence-electron chi connectivity index (χ1n) is 6.33. The summed E-state index contributed by atoms with van der Waals surface area (Å²) in [6.45, 7) is 1.51. The molecular weight excluding hydrogens is 307 g/mol. The molecule has 0 spiro atoms. The maximum absolute atomic E-state index is 11.5. The number of halogens is 2. The SMILES string of the molecule is COc1cccc(/C(=C/C(C)=O)c2ccc(Cl)c(Cl)c2)c1. The summed E-state index contributed by atoms with van der Waals surface area (Å²) in [6, 6.07) is 12.8. The highest BCUT2D eigenvalue weighted by Gasteiger charge is 2.09. The summed E-state index contributed by atoms with van der Waals surface area (Å²) in [5.41, 5.74) is 2.48. The highest BCUT2D eigenvalue weighted by molar-refractivity contribution is 6.42. The molecule has 2 aromatic rings. The van der Waals surface area contributed by atoms with Gasteiger partial charge in [-0.1, -0.05) is 41.4 Å². The zero-order valence-corrected chi connectivity index (χ0v) is 13.2. The van der Waals surface area contributed by atoms with E-state index in [9.17, 15) is 4.79 Å². The van der Waals surface area contributed by atoms with Crippen LogP contribution in [-0.4, -0.2) is 12.9 Å². The first-order valence-corrected chi connectivity index (χ1v) is 7.09. The molecule has 2 nitrogen and oxygen atoms in total. The van der Waals surface area contributed by atoms with E-state index in [2.05, 4.69) is 0 Å². The molecule has 0 fully saturated rings. The quantitative estimate of drug-likeness (QED) is 0.739. The molecule has 0 saturated carbocycles. The zero-order valence-electron chi connectivity index (χ0n) is 11.7. The van der Waals surface area contributed by atoms with E-state index in [1.807, 2.05) is 30.3 Å². The maximum Gasteiger partial charge on any atom is 0.153 e. The molecule has 0 atom stereocenters. The Kier molecular flexibility index (Phi) is 5.05. The van der Waals surface area contributed by atoms with E-state index in [4.69, 9.17) is 27.9 Å². The van der Waals surface area contributed by atoms with Gasteiger partial charge in [0.05, 0.1) is 17.2 Å². The summed E-state index contributed by atoms with van der Waals surface area (Å²) in [7, 11) is 1.60. The van der Waals surface area contributed by atoms with Gasteiger partial charge in [0.1, 0.15) is 5.75 Å². The number of carbonyl (C=O) groups is 1. The third-order valence-electron chi connectivity index (χ3n) is 2.96. The fourth-order valence-electron chi connectivity index (χ4n) is 1.99. The van der Waals surface area contributed by atoms with Gasteiger partial charge in [0.2, 0.25) is 0 Å². The predicted octanol–water partition coefficient (Wildman–Crippen LogP) is 5.02. The van der Waals surface area contributed by atoms with Crippen molar-refractivity contribution in [3.8, 4) is 5.75 Å². The van der Waals surface area contributed by atoms with Crippen molar-refractivity contribution >= 4 is 34.6 Å². The molecule has 0 amide bonds. The highest BCUT2D eigenvalue weighted by atomic mass is 35.5. The van der Waals surface area contributed by atoms with E-state index in [0.717, 1.165) is 22.4 Å². The molecule has 2 rings (SSSR count). The van der Waals surface area contributed by atoms with Crippen molar-refractivity contribution in [3.05, 3.63) is 69.7 Å². The van der Waals surface area contributed by atoms with E-state index in [1.165, 1.54) is 6.92 Å². The molecule has 0 aliphatic carbocycles. The van der Waals surface area contributed by atoms with Crippen LogP contribution >= 0.6 is 23.2 Å². The molecule has 4 heteroatoms. The number of ketones is 1. The van der Waals surface area contributed by atoms with Crippen LogP contribution < -0.4 is 4.74 Å². The molecule has 0 saturated heterocycles. The zero-order chi connectivity index (χ0) is 15.4. The van der Waals surface area contributed by atoms with E-state index in [-0.39, 0.29) is 5.78 Å². The Morgan fingerprint density at radius 3 is 2.38 bits per heavy atom. The van der Waals surface area contributed by atoms with Crippen molar-refractivity contribution in [1.29, 1.82) is 0 Å². The molecule has 108 valence electrons. The summed E-state index contributed by atoms with van der Waals surface area (Å²) in [5, 5.41) is 0.930. The normalized spacial score (nSPS) is 11.3. The molecule has 21 heavy (non-hydrogen) atoms. The van der Waals surface area contributed by atoms with Crippen molar-refractivity contribution < 1.29 is 9.53 Å². The topological polar surface area (TPSA) is 26.3 Å². The van der Waals surface area contributed by atoms with Gasteiger partial charge in [-0.3, -0.25) is 4.79 Å². The van der Waals surface area contributed by atoms with Crippen molar-refractivity contribution in [3.63, 3.8) is 0 Å². The van der Waals surface area contributed by atoms with Gasteiger partial charge in [0.25, 0.3) is 0 Å². The largest absolute Gasteiger partial charge is 0.497 e. The third kappa shape index (κ3) is 3.87. The van der Waals surface area contributed by atoms with Gasteiger partial charge in [-0.2, -0.15) is 0 Å². The van der Waals surface area contributed by atoms with Crippen molar-refractivity contribution in [2.75, 3.05) is 7.11 Å². The van der Waals surface area contributed by atoms with E-state index in [0.29, 0.717) is 10.0 Å². The van der Waals surface area contributed by atoms with Crippen LogP contribution in [0, 0.1) is 0 Å². The number of benzene rings is 2. The van der Waals surface area contributed by atoms with E-state index >= 15 is 0 Å². The number of rotatable bonds is 4. The number of hydrogen-bond acceptors (Lipinski definition) is 2. The minimum Gasteiger partial charge on any atom is -0.497 e. The monoisotopic (exact) mass is 320 g/mol. The average molecular weight is 321 g/mol.